The number of carbonyl (C=O) groups is 1. The van der Waals surface area contributed by atoms with Crippen molar-refractivity contribution in [3.63, 3.8) is 0 Å². The summed E-state index contributed by atoms with van der Waals surface area (Å²) in [5.74, 6) is 0.601. The molecule has 1 amide bonds. The van der Waals surface area contributed by atoms with E-state index in [1.54, 1.807) is 12.5 Å². The van der Waals surface area contributed by atoms with Crippen LogP contribution in [0.2, 0.25) is 0 Å². The van der Waals surface area contributed by atoms with Gasteiger partial charge in [-0.25, -0.2) is 4.98 Å². The molecule has 0 spiro atoms. The second-order valence-electron chi connectivity index (χ2n) is 6.41. The largest absolute Gasteiger partial charge is 0.356 e. The van der Waals surface area contributed by atoms with Crippen LogP contribution in [-0.4, -0.2) is 31.8 Å². The molecule has 0 aromatic carbocycles. The Labute approximate surface area is 137 Å². The number of hydrogen-bond acceptors (Lipinski definition) is 3. The van der Waals surface area contributed by atoms with Crippen LogP contribution in [0.25, 0.3) is 0 Å². The number of aromatic nitrogens is 4. The fourth-order valence-corrected chi connectivity index (χ4v) is 2.64. The maximum Gasteiger partial charge on any atom is 0.224 e. The number of nitrogens with one attached hydrogen (secondary N) is 1. The number of carbonyl (C=O) groups excluding carboxylic acids is 1. The average Bonchev–Trinajstić information content (AvgIpc) is 3.08. The van der Waals surface area contributed by atoms with Crippen LogP contribution in [0.3, 0.4) is 0 Å². The third-order valence-corrected chi connectivity index (χ3v) is 3.88. The van der Waals surface area contributed by atoms with Gasteiger partial charge in [-0.3, -0.25) is 9.48 Å². The zero-order valence-electron chi connectivity index (χ0n) is 14.5. The molecule has 1 N–H and O–H groups in total. The minimum absolute atomic E-state index is 0.0610. The normalized spacial score (nSPS) is 11.2. The Kier molecular flexibility index (Phi) is 5.96. The third-order valence-electron chi connectivity index (χ3n) is 3.88. The lowest BCUT2D eigenvalue weighted by Gasteiger charge is -2.08. The lowest BCUT2D eigenvalue weighted by atomic mass is 10.1. The summed E-state index contributed by atoms with van der Waals surface area (Å²) in [5, 5.41) is 7.55. The number of rotatable bonds is 8. The van der Waals surface area contributed by atoms with Crippen molar-refractivity contribution in [2.24, 2.45) is 5.92 Å². The fourth-order valence-electron chi connectivity index (χ4n) is 2.64. The van der Waals surface area contributed by atoms with Gasteiger partial charge in [-0.1, -0.05) is 13.8 Å². The molecule has 126 valence electrons. The topological polar surface area (TPSA) is 64.7 Å². The molecule has 0 saturated heterocycles. The summed E-state index contributed by atoms with van der Waals surface area (Å²) in [7, 11) is 0. The Bertz CT molecular complexity index is 628. The predicted octanol–water partition coefficient (Wildman–Crippen LogP) is 2.10. The first-order valence-corrected chi connectivity index (χ1v) is 8.22. The van der Waals surface area contributed by atoms with Crippen LogP contribution < -0.4 is 5.32 Å². The van der Waals surface area contributed by atoms with Crippen molar-refractivity contribution in [3.8, 4) is 0 Å². The van der Waals surface area contributed by atoms with E-state index in [4.69, 9.17) is 0 Å². The molecule has 0 atom stereocenters. The van der Waals surface area contributed by atoms with Gasteiger partial charge in [0.15, 0.2) is 0 Å². The van der Waals surface area contributed by atoms with Crippen molar-refractivity contribution in [3.05, 3.63) is 35.7 Å². The highest BCUT2D eigenvalue weighted by Crippen LogP contribution is 2.15. The van der Waals surface area contributed by atoms with Crippen molar-refractivity contribution in [1.29, 1.82) is 0 Å². The maximum absolute atomic E-state index is 12.1. The van der Waals surface area contributed by atoms with Gasteiger partial charge in [0.25, 0.3) is 0 Å². The Morgan fingerprint density at radius 1 is 1.35 bits per heavy atom. The smallest absolute Gasteiger partial charge is 0.224 e. The molecular formula is C17H27N5O. The van der Waals surface area contributed by atoms with Crippen molar-refractivity contribution in [2.45, 2.75) is 53.6 Å². The first kappa shape index (κ1) is 17.2. The molecule has 23 heavy (non-hydrogen) atoms. The predicted molar refractivity (Wildman–Crippen MR) is 90.1 cm³/mol. The number of aryl methyl sites for hydroxylation is 2. The molecule has 2 rings (SSSR count). The molecule has 0 aliphatic carbocycles. The van der Waals surface area contributed by atoms with E-state index in [1.807, 2.05) is 29.3 Å². The van der Waals surface area contributed by atoms with Gasteiger partial charge in [-0.05, 0) is 26.2 Å². The van der Waals surface area contributed by atoms with Crippen molar-refractivity contribution < 1.29 is 4.79 Å². The quantitative estimate of drug-likeness (QED) is 0.758. The van der Waals surface area contributed by atoms with Crippen molar-refractivity contribution in [1.82, 2.24) is 24.6 Å². The highest BCUT2D eigenvalue weighted by Gasteiger charge is 2.15. The van der Waals surface area contributed by atoms with Gasteiger partial charge in [-0.2, -0.15) is 5.10 Å². The van der Waals surface area contributed by atoms with E-state index in [1.165, 1.54) is 0 Å². The summed E-state index contributed by atoms with van der Waals surface area (Å²) in [6.07, 6.45) is 6.78. The molecule has 0 saturated carbocycles. The van der Waals surface area contributed by atoms with Gasteiger partial charge >= 0.3 is 0 Å². The SMILES string of the molecule is Cc1nn(CC(C)C)c(C)c1CC(=O)NCCCn1ccnc1. The Balaban J connectivity index is 1.81. The Morgan fingerprint density at radius 2 is 2.13 bits per heavy atom. The molecule has 6 nitrogen and oxygen atoms in total. The van der Waals surface area contributed by atoms with E-state index in [0.29, 0.717) is 18.9 Å². The molecule has 0 aliphatic heterocycles. The summed E-state index contributed by atoms with van der Waals surface area (Å²) in [6.45, 7) is 10.8. The second kappa shape index (κ2) is 7.94. The van der Waals surface area contributed by atoms with Gasteiger partial charge in [0.05, 0.1) is 18.4 Å². The van der Waals surface area contributed by atoms with Crippen LogP contribution in [-0.2, 0) is 24.3 Å². The van der Waals surface area contributed by atoms with Crippen molar-refractivity contribution in [2.75, 3.05) is 6.54 Å². The summed E-state index contributed by atoms with van der Waals surface area (Å²) >= 11 is 0. The lowest BCUT2D eigenvalue weighted by molar-refractivity contribution is -0.120. The fraction of sp³-hybridized carbons (Fsp3) is 0.588. The van der Waals surface area contributed by atoms with Crippen LogP contribution in [0, 0.1) is 19.8 Å². The second-order valence-corrected chi connectivity index (χ2v) is 6.41. The average molecular weight is 317 g/mol. The zero-order valence-corrected chi connectivity index (χ0v) is 14.5. The van der Waals surface area contributed by atoms with Gasteiger partial charge in [0.2, 0.25) is 5.91 Å². The third kappa shape index (κ3) is 4.94. The molecule has 0 aliphatic rings. The molecule has 2 heterocycles. The van der Waals surface area contributed by atoms with Crippen LogP contribution in [0.15, 0.2) is 18.7 Å². The Morgan fingerprint density at radius 3 is 2.78 bits per heavy atom. The van der Waals surface area contributed by atoms with Gasteiger partial charge in [-0.15, -0.1) is 0 Å². The standard InChI is InChI=1S/C17H27N5O/c1-13(2)11-22-15(4)16(14(3)20-22)10-17(23)19-6-5-8-21-9-7-18-12-21/h7,9,12-13H,5-6,8,10-11H2,1-4H3,(H,19,23). The van der Waals surface area contributed by atoms with E-state index < -0.39 is 0 Å². The minimum Gasteiger partial charge on any atom is -0.356 e. The Hall–Kier alpha value is -2.11. The highest BCUT2D eigenvalue weighted by atomic mass is 16.1. The summed E-state index contributed by atoms with van der Waals surface area (Å²) in [5.41, 5.74) is 3.11. The van der Waals surface area contributed by atoms with E-state index in [9.17, 15) is 4.79 Å². The number of imidazole rings is 1. The van der Waals surface area contributed by atoms with Gasteiger partial charge in [0, 0.05) is 43.3 Å². The minimum atomic E-state index is 0.0610. The van der Waals surface area contributed by atoms with Crippen LogP contribution >= 0.6 is 0 Å². The van der Waals surface area contributed by atoms with Crippen LogP contribution in [0.5, 0.6) is 0 Å². The molecule has 2 aromatic heterocycles. The molecule has 0 radical (unpaired) electrons. The molecule has 0 bridgehead atoms. The van der Waals surface area contributed by atoms with Gasteiger partial charge in [0.1, 0.15) is 0 Å². The highest BCUT2D eigenvalue weighted by molar-refractivity contribution is 5.79. The lowest BCUT2D eigenvalue weighted by Crippen LogP contribution is -2.27. The number of hydrogen-bond donors (Lipinski definition) is 1. The first-order valence-electron chi connectivity index (χ1n) is 8.22. The van der Waals surface area contributed by atoms with E-state index >= 15 is 0 Å². The maximum atomic E-state index is 12.1. The molecular weight excluding hydrogens is 290 g/mol. The van der Waals surface area contributed by atoms with Crippen LogP contribution in [0.1, 0.15) is 37.2 Å². The summed E-state index contributed by atoms with van der Waals surface area (Å²) in [4.78, 5) is 16.1. The van der Waals surface area contributed by atoms with Gasteiger partial charge < -0.3 is 9.88 Å². The molecule has 0 fully saturated rings. The number of nitrogens with zero attached hydrogens (tertiary/aromatic N) is 4. The zero-order chi connectivity index (χ0) is 16.8. The van der Waals surface area contributed by atoms with E-state index in [-0.39, 0.29) is 5.91 Å². The molecule has 6 heteroatoms. The van der Waals surface area contributed by atoms with E-state index in [2.05, 4.69) is 29.2 Å². The van der Waals surface area contributed by atoms with E-state index in [0.717, 1.165) is 36.5 Å². The molecule has 2 aromatic rings. The summed E-state index contributed by atoms with van der Waals surface area (Å²) < 4.78 is 4.03. The summed E-state index contributed by atoms with van der Waals surface area (Å²) in [6, 6.07) is 0. The monoisotopic (exact) mass is 317 g/mol. The van der Waals surface area contributed by atoms with Crippen LogP contribution in [0.4, 0.5) is 0 Å². The molecule has 0 unspecified atom stereocenters. The first-order chi connectivity index (χ1) is 11.0. The van der Waals surface area contributed by atoms with Crippen molar-refractivity contribution >= 4 is 5.91 Å². The number of amides is 1.